The Bertz CT molecular complexity index is 696. The van der Waals surface area contributed by atoms with Crippen molar-refractivity contribution in [3.8, 4) is 0 Å². The van der Waals surface area contributed by atoms with E-state index in [0.29, 0.717) is 16.8 Å². The lowest BCUT2D eigenvalue weighted by atomic mass is 10.1. The summed E-state index contributed by atoms with van der Waals surface area (Å²) in [5, 5.41) is 26.3. The highest BCUT2D eigenvalue weighted by Crippen LogP contribution is 2.20. The number of carboxylic acids is 1. The van der Waals surface area contributed by atoms with Gasteiger partial charge in [0.15, 0.2) is 5.60 Å². The van der Waals surface area contributed by atoms with Crippen molar-refractivity contribution < 1.29 is 24.6 Å². The molecule has 1 aromatic carbocycles. The van der Waals surface area contributed by atoms with Crippen molar-refractivity contribution >= 4 is 23.6 Å². The molecular weight excluding hydrogens is 338 g/mol. The molecule has 1 unspecified atom stereocenters. The molecule has 2 rings (SSSR count). The van der Waals surface area contributed by atoms with Crippen LogP contribution in [-0.2, 0) is 4.79 Å². The number of anilines is 1. The van der Waals surface area contributed by atoms with Crippen molar-refractivity contribution in [3.63, 3.8) is 0 Å². The molecule has 0 aliphatic heterocycles. The van der Waals surface area contributed by atoms with Gasteiger partial charge in [-0.05, 0) is 50.5 Å². The zero-order valence-electron chi connectivity index (χ0n) is 15.0. The maximum Gasteiger partial charge on any atom is 0.337 e. The minimum Gasteiger partial charge on any atom is -0.479 e. The second-order valence-corrected chi connectivity index (χ2v) is 6.87. The van der Waals surface area contributed by atoms with E-state index in [0.717, 1.165) is 32.6 Å². The van der Waals surface area contributed by atoms with Crippen molar-refractivity contribution in [1.29, 1.82) is 0 Å². The number of benzene rings is 1. The van der Waals surface area contributed by atoms with Crippen LogP contribution in [0.2, 0.25) is 0 Å². The van der Waals surface area contributed by atoms with Crippen molar-refractivity contribution in [3.05, 3.63) is 29.3 Å². The lowest BCUT2D eigenvalue weighted by molar-refractivity contribution is -0.155. The highest BCUT2D eigenvalue weighted by Gasteiger charge is 2.30. The summed E-state index contributed by atoms with van der Waals surface area (Å²) in [6.07, 6.45) is 4.28. The molecule has 0 spiro atoms. The van der Waals surface area contributed by atoms with Crippen molar-refractivity contribution in [2.45, 2.75) is 51.2 Å². The number of aryl methyl sites for hydroxylation is 1. The van der Waals surface area contributed by atoms with Gasteiger partial charge in [0.1, 0.15) is 0 Å². The third-order valence-corrected chi connectivity index (χ3v) is 4.48. The SMILES string of the molecule is Cc1cc(C(=O)NC2CCCC2)ccc1NC(=O)NCC(C)(O)C(=O)O. The average Bonchev–Trinajstić information content (AvgIpc) is 3.07. The van der Waals surface area contributed by atoms with Crippen molar-refractivity contribution in [1.82, 2.24) is 10.6 Å². The van der Waals surface area contributed by atoms with Crippen molar-refractivity contribution in [2.24, 2.45) is 0 Å². The fourth-order valence-electron chi connectivity index (χ4n) is 2.78. The lowest BCUT2D eigenvalue weighted by Gasteiger charge is -2.19. The Balaban J connectivity index is 1.93. The van der Waals surface area contributed by atoms with E-state index in [9.17, 15) is 19.5 Å². The Morgan fingerprint density at radius 1 is 1.23 bits per heavy atom. The van der Waals surface area contributed by atoms with Gasteiger partial charge in [-0.15, -0.1) is 0 Å². The first-order chi connectivity index (χ1) is 12.2. The molecule has 0 radical (unpaired) electrons. The Hall–Kier alpha value is -2.61. The fraction of sp³-hybridized carbons (Fsp3) is 0.500. The molecule has 1 aromatic rings. The lowest BCUT2D eigenvalue weighted by Crippen LogP contribution is -2.47. The van der Waals surface area contributed by atoms with E-state index < -0.39 is 24.1 Å². The van der Waals surface area contributed by atoms with E-state index >= 15 is 0 Å². The molecule has 1 saturated carbocycles. The molecule has 8 heteroatoms. The minimum absolute atomic E-state index is 0.131. The Kier molecular flexibility index (Phi) is 6.20. The Labute approximate surface area is 152 Å². The second-order valence-electron chi connectivity index (χ2n) is 6.87. The zero-order chi connectivity index (χ0) is 19.3. The standard InChI is InChI=1S/C18H25N3O5/c1-11-9-12(15(22)20-13-5-3-4-6-13)7-8-14(11)21-17(25)19-10-18(2,26)16(23)24/h7-9,13,26H,3-6,10H2,1-2H3,(H,20,22)(H,23,24)(H2,19,21,25). The number of aliphatic carboxylic acids is 1. The Morgan fingerprint density at radius 2 is 1.88 bits per heavy atom. The van der Waals surface area contributed by atoms with Gasteiger partial charge in [-0.2, -0.15) is 0 Å². The van der Waals surface area contributed by atoms with Crippen LogP contribution in [0.25, 0.3) is 0 Å². The third-order valence-electron chi connectivity index (χ3n) is 4.48. The molecule has 0 aromatic heterocycles. The molecule has 142 valence electrons. The first-order valence-corrected chi connectivity index (χ1v) is 8.61. The van der Waals surface area contributed by atoms with Gasteiger partial charge in [-0.3, -0.25) is 4.79 Å². The molecule has 5 N–H and O–H groups in total. The molecule has 0 bridgehead atoms. The quantitative estimate of drug-likeness (QED) is 0.525. The van der Waals surface area contributed by atoms with Crippen molar-refractivity contribution in [2.75, 3.05) is 11.9 Å². The normalized spacial score (nSPS) is 16.6. The summed E-state index contributed by atoms with van der Waals surface area (Å²) in [6.45, 7) is 2.42. The van der Waals surface area contributed by atoms with Gasteiger partial charge in [0.05, 0.1) is 6.54 Å². The number of hydrogen-bond acceptors (Lipinski definition) is 4. The first-order valence-electron chi connectivity index (χ1n) is 8.61. The number of aliphatic hydroxyl groups is 1. The molecule has 1 atom stereocenters. The van der Waals surface area contributed by atoms with Crippen LogP contribution in [0.15, 0.2) is 18.2 Å². The topological polar surface area (TPSA) is 128 Å². The number of urea groups is 1. The summed E-state index contributed by atoms with van der Waals surface area (Å²) in [7, 11) is 0. The zero-order valence-corrected chi connectivity index (χ0v) is 15.0. The molecule has 3 amide bonds. The fourth-order valence-corrected chi connectivity index (χ4v) is 2.78. The van der Waals surface area contributed by atoms with Crippen LogP contribution in [0.5, 0.6) is 0 Å². The van der Waals surface area contributed by atoms with Crippen LogP contribution in [0.4, 0.5) is 10.5 Å². The van der Waals surface area contributed by atoms with E-state index in [1.54, 1.807) is 25.1 Å². The van der Waals surface area contributed by atoms with Crippen LogP contribution in [-0.4, -0.2) is 46.3 Å². The summed E-state index contributed by atoms with van der Waals surface area (Å²) in [4.78, 5) is 35.0. The third kappa shape index (κ3) is 5.19. The predicted molar refractivity (Wildman–Crippen MR) is 96.2 cm³/mol. The van der Waals surface area contributed by atoms with Gasteiger partial charge < -0.3 is 26.2 Å². The molecule has 26 heavy (non-hydrogen) atoms. The predicted octanol–water partition coefficient (Wildman–Crippen LogP) is 1.62. The van der Waals surface area contributed by atoms with Gasteiger partial charge in [0.25, 0.3) is 5.91 Å². The van der Waals surface area contributed by atoms with E-state index in [4.69, 9.17) is 5.11 Å². The Morgan fingerprint density at radius 3 is 2.46 bits per heavy atom. The van der Waals surface area contributed by atoms with Crippen LogP contribution >= 0.6 is 0 Å². The van der Waals surface area contributed by atoms with Gasteiger partial charge in [0.2, 0.25) is 0 Å². The molecule has 1 aliphatic rings. The van der Waals surface area contributed by atoms with Gasteiger partial charge in [-0.25, -0.2) is 9.59 Å². The summed E-state index contributed by atoms with van der Waals surface area (Å²) >= 11 is 0. The largest absolute Gasteiger partial charge is 0.479 e. The van der Waals surface area contributed by atoms with E-state index in [1.807, 2.05) is 0 Å². The second kappa shape index (κ2) is 8.18. The van der Waals surface area contributed by atoms with Crippen LogP contribution in [0, 0.1) is 6.92 Å². The van der Waals surface area contributed by atoms with Gasteiger partial charge in [0, 0.05) is 17.3 Å². The number of carbonyl (C=O) groups excluding carboxylic acids is 2. The number of amides is 3. The number of carboxylic acid groups (broad SMARTS) is 1. The molecule has 1 aliphatic carbocycles. The van der Waals surface area contributed by atoms with Crippen LogP contribution < -0.4 is 16.0 Å². The maximum absolute atomic E-state index is 12.3. The summed E-state index contributed by atoms with van der Waals surface area (Å²) in [5.41, 5.74) is -0.331. The van der Waals surface area contributed by atoms with Gasteiger partial charge in [-0.1, -0.05) is 12.8 Å². The summed E-state index contributed by atoms with van der Waals surface area (Å²) in [6, 6.07) is 4.52. The summed E-state index contributed by atoms with van der Waals surface area (Å²) < 4.78 is 0. The molecule has 0 heterocycles. The smallest absolute Gasteiger partial charge is 0.337 e. The minimum atomic E-state index is -2.05. The molecule has 8 nitrogen and oxygen atoms in total. The maximum atomic E-state index is 12.3. The average molecular weight is 363 g/mol. The van der Waals surface area contributed by atoms with E-state index in [2.05, 4.69) is 16.0 Å². The highest BCUT2D eigenvalue weighted by molar-refractivity contribution is 5.96. The number of hydrogen-bond donors (Lipinski definition) is 5. The molecule has 1 fully saturated rings. The molecule has 0 saturated heterocycles. The number of nitrogens with one attached hydrogen (secondary N) is 3. The number of carbonyl (C=O) groups is 3. The summed E-state index contributed by atoms with van der Waals surface area (Å²) in [5.74, 6) is -1.56. The van der Waals surface area contributed by atoms with E-state index in [-0.39, 0.29) is 11.9 Å². The van der Waals surface area contributed by atoms with Gasteiger partial charge >= 0.3 is 12.0 Å². The monoisotopic (exact) mass is 363 g/mol. The van der Waals surface area contributed by atoms with E-state index in [1.165, 1.54) is 0 Å². The highest BCUT2D eigenvalue weighted by atomic mass is 16.4. The molecular formula is C18H25N3O5. The van der Waals surface area contributed by atoms with Crippen LogP contribution in [0.1, 0.15) is 48.5 Å². The number of rotatable bonds is 6. The first kappa shape index (κ1) is 19.7. The van der Waals surface area contributed by atoms with Crippen LogP contribution in [0.3, 0.4) is 0 Å².